The second kappa shape index (κ2) is 6.34. The van der Waals surface area contributed by atoms with Crippen molar-refractivity contribution in [2.45, 2.75) is 0 Å². The number of aromatic hydroxyl groups is 1. The Hall–Kier alpha value is -0.844. The van der Waals surface area contributed by atoms with E-state index in [1.807, 2.05) is 4.72 Å². The molecule has 1 heterocycles. The molecule has 1 amide bonds. The number of benzene rings is 2. The van der Waals surface area contributed by atoms with Crippen LogP contribution < -0.4 is 13.8 Å². The summed E-state index contributed by atoms with van der Waals surface area (Å²) in [6.07, 6.45) is 0. The number of nitrogens with one attached hydrogen (secondary N) is 1. The third-order valence-electron chi connectivity index (χ3n) is 3.23. The Morgan fingerprint density at radius 1 is 1.23 bits per heavy atom. The second-order valence-electron chi connectivity index (χ2n) is 4.59. The van der Waals surface area contributed by atoms with E-state index in [4.69, 9.17) is 4.74 Å². The fraction of sp³-hybridized carbons (Fsp3) is 0.154. The molecule has 2 aromatic rings. The van der Waals surface area contributed by atoms with Gasteiger partial charge >= 0.3 is 61.6 Å². The average molecular weight is 348 g/mol. The number of fused-ring (bicyclic) bond motifs is 1. The van der Waals surface area contributed by atoms with E-state index in [1.165, 1.54) is 19.2 Å². The molecule has 112 valence electrons. The summed E-state index contributed by atoms with van der Waals surface area (Å²) in [5.41, 5.74) is 0.0501. The molecule has 0 bridgehead atoms. The molecule has 0 unspecified atom stereocenters. The first-order valence-corrected chi connectivity index (χ1v) is 7.49. The summed E-state index contributed by atoms with van der Waals surface area (Å²) in [5.74, 6) is -0.245. The number of phenols is 1. The number of rotatable bonds is 2. The first-order valence-electron chi connectivity index (χ1n) is 6.05. The van der Waals surface area contributed by atoms with E-state index in [9.17, 15) is 18.3 Å². The van der Waals surface area contributed by atoms with Crippen molar-refractivity contribution < 1.29 is 23.1 Å². The van der Waals surface area contributed by atoms with Gasteiger partial charge in [-0.25, -0.2) is 9.03 Å². The molecule has 1 fully saturated rings. The van der Waals surface area contributed by atoms with E-state index in [2.05, 4.69) is 0 Å². The van der Waals surface area contributed by atoms with Crippen LogP contribution in [0.3, 0.4) is 0 Å². The molecule has 3 rings (SSSR count). The first-order chi connectivity index (χ1) is 9.90. The predicted octanol–water partition coefficient (Wildman–Crippen LogP) is 0.0865. The van der Waals surface area contributed by atoms with Crippen molar-refractivity contribution >= 4 is 84.0 Å². The van der Waals surface area contributed by atoms with Gasteiger partial charge in [-0.05, 0) is 35.0 Å². The zero-order valence-electron chi connectivity index (χ0n) is 11.0. The molecule has 2 aromatic carbocycles. The number of methoxy groups -OCH3 is 1. The summed E-state index contributed by atoms with van der Waals surface area (Å²) < 4.78 is 31.5. The summed E-state index contributed by atoms with van der Waals surface area (Å²) in [7, 11) is -2.43. The molecular weight excluding hydrogens is 335 g/mol. The van der Waals surface area contributed by atoms with Gasteiger partial charge in [-0.15, -0.1) is 0 Å². The molecule has 0 aliphatic carbocycles. The summed E-state index contributed by atoms with van der Waals surface area (Å²) >= 11 is 0. The first kappa shape index (κ1) is 17.5. The van der Waals surface area contributed by atoms with E-state index in [0.717, 1.165) is 9.69 Å². The van der Waals surface area contributed by atoms with Gasteiger partial charge in [0.2, 0.25) is 0 Å². The molecule has 0 radical (unpaired) electrons. The van der Waals surface area contributed by atoms with Gasteiger partial charge in [-0.2, -0.15) is 8.42 Å². The van der Waals surface area contributed by atoms with Crippen molar-refractivity contribution in [3.05, 3.63) is 30.3 Å². The van der Waals surface area contributed by atoms with Crippen molar-refractivity contribution in [3.63, 3.8) is 0 Å². The van der Waals surface area contributed by atoms with Crippen LogP contribution in [0.15, 0.2) is 30.3 Å². The minimum atomic E-state index is -3.95. The molecule has 2 N–H and O–H groups in total. The van der Waals surface area contributed by atoms with E-state index in [1.54, 1.807) is 18.2 Å². The summed E-state index contributed by atoms with van der Waals surface area (Å²) in [4.78, 5) is 11.3. The summed E-state index contributed by atoms with van der Waals surface area (Å²) in [6.45, 7) is -0.356. The van der Waals surface area contributed by atoms with Crippen LogP contribution in [0.1, 0.15) is 0 Å². The van der Waals surface area contributed by atoms with E-state index < -0.39 is 16.1 Å². The Morgan fingerprint density at radius 3 is 2.55 bits per heavy atom. The Balaban J connectivity index is 0.00000176. The topological polar surface area (TPSA) is 95.9 Å². The molecule has 9 heteroatoms. The zero-order chi connectivity index (χ0) is 15.2. The monoisotopic (exact) mass is 348 g/mol. The number of nitrogens with zero attached hydrogens (tertiary/aromatic N) is 1. The van der Waals surface area contributed by atoms with Crippen LogP contribution in [0.5, 0.6) is 11.5 Å². The van der Waals surface area contributed by atoms with Gasteiger partial charge < -0.3 is 9.84 Å². The van der Waals surface area contributed by atoms with Crippen molar-refractivity contribution in [3.8, 4) is 11.5 Å². The van der Waals surface area contributed by atoms with Gasteiger partial charge in [0.15, 0.2) is 0 Å². The van der Waals surface area contributed by atoms with Gasteiger partial charge in [0.1, 0.15) is 18.0 Å². The van der Waals surface area contributed by atoms with Crippen LogP contribution in [0, 0.1) is 0 Å². The van der Waals surface area contributed by atoms with Crippen LogP contribution >= 0.6 is 0 Å². The molecule has 0 atom stereocenters. The molecule has 7 nitrogen and oxygen atoms in total. The number of hydrogen-bond acceptors (Lipinski definition) is 5. The Morgan fingerprint density at radius 2 is 1.95 bits per heavy atom. The quantitative estimate of drug-likeness (QED) is 0.750. The fourth-order valence-corrected chi connectivity index (χ4v) is 3.39. The number of anilines is 1. The zero-order valence-corrected chi connectivity index (χ0v) is 11.8. The van der Waals surface area contributed by atoms with Gasteiger partial charge in [0, 0.05) is 0 Å². The molecule has 1 aliphatic rings. The van der Waals surface area contributed by atoms with E-state index >= 15 is 0 Å². The van der Waals surface area contributed by atoms with Crippen LogP contribution in [0.2, 0.25) is 0 Å². The van der Waals surface area contributed by atoms with Crippen molar-refractivity contribution in [1.82, 2.24) is 4.72 Å². The molecule has 1 saturated heterocycles. The van der Waals surface area contributed by atoms with E-state index in [-0.39, 0.29) is 69.4 Å². The Bertz CT molecular complexity index is 853. The van der Waals surface area contributed by atoms with Crippen LogP contribution in [-0.4, -0.2) is 84.5 Å². The van der Waals surface area contributed by atoms with Gasteiger partial charge in [0.25, 0.3) is 5.91 Å². The second-order valence-corrected chi connectivity index (χ2v) is 6.19. The Kier molecular flexibility index (Phi) is 5.05. The van der Waals surface area contributed by atoms with E-state index in [0.29, 0.717) is 11.1 Å². The molecule has 0 spiro atoms. The number of amides is 1. The molecule has 0 aromatic heterocycles. The SMILES string of the molecule is COc1ccc2cc(O)c(N3CC(=O)NS3(=O)=O)cc2c1.[KH]. The third-order valence-corrected chi connectivity index (χ3v) is 4.62. The molecule has 1 aliphatic heterocycles. The molecular formula is C13H13KN2O5S. The minimum absolute atomic E-state index is 0. The number of ether oxygens (including phenoxy) is 1. The average Bonchev–Trinajstić information content (AvgIpc) is 2.70. The van der Waals surface area contributed by atoms with Crippen LogP contribution in [-0.2, 0) is 15.0 Å². The van der Waals surface area contributed by atoms with Crippen molar-refractivity contribution in [1.29, 1.82) is 0 Å². The number of carbonyl (C=O) groups is 1. The number of phenolic OH excluding ortho intramolecular Hbond substituents is 1. The summed E-state index contributed by atoms with van der Waals surface area (Å²) in [6, 6.07) is 8.16. The maximum atomic E-state index is 11.8. The van der Waals surface area contributed by atoms with Crippen LogP contribution in [0.25, 0.3) is 10.8 Å². The fourth-order valence-electron chi connectivity index (χ4n) is 2.24. The standard InChI is InChI=1S/C13H12N2O5S.K.H/c1-20-10-3-2-8-6-12(16)11(5-9(8)4-10)15-7-13(17)14-21(15,18)19;;/h2-6,16H,7H2,1H3,(H,14,17);;. The van der Waals surface area contributed by atoms with Gasteiger partial charge in [-0.1, -0.05) is 6.07 Å². The van der Waals surface area contributed by atoms with Crippen LogP contribution in [0.4, 0.5) is 5.69 Å². The number of hydrogen-bond donors (Lipinski definition) is 2. The van der Waals surface area contributed by atoms with Gasteiger partial charge in [-0.3, -0.25) is 4.79 Å². The maximum absolute atomic E-state index is 11.8. The van der Waals surface area contributed by atoms with Gasteiger partial charge in [0.05, 0.1) is 12.8 Å². The molecule has 0 saturated carbocycles. The van der Waals surface area contributed by atoms with Crippen molar-refractivity contribution in [2.75, 3.05) is 18.0 Å². The predicted molar refractivity (Wildman–Crippen MR) is 83.7 cm³/mol. The summed E-state index contributed by atoms with van der Waals surface area (Å²) in [5, 5.41) is 11.5. The van der Waals surface area contributed by atoms with Crippen molar-refractivity contribution in [2.24, 2.45) is 0 Å². The Labute approximate surface area is 169 Å². The molecule has 22 heavy (non-hydrogen) atoms. The number of carbonyl (C=O) groups excluding carboxylic acids is 1. The normalized spacial score (nSPS) is 16.2. The third kappa shape index (κ3) is 3.10.